The first-order valence-corrected chi connectivity index (χ1v) is 8.68. The molecule has 140 valence electrons. The van der Waals surface area contributed by atoms with E-state index in [0.29, 0.717) is 10.9 Å². The Balaban J connectivity index is 2.25. The quantitative estimate of drug-likeness (QED) is 0.837. The summed E-state index contributed by atoms with van der Waals surface area (Å²) < 4.78 is 42.6. The largest absolute Gasteiger partial charge is 0.409 e. The Kier molecular flexibility index (Phi) is 4.51. The first-order valence-electron chi connectivity index (χ1n) is 8.68. The lowest BCUT2D eigenvalue weighted by atomic mass is 9.87. The molecule has 26 heavy (non-hydrogen) atoms. The smallest absolute Gasteiger partial charge is 0.287 e. The van der Waals surface area contributed by atoms with Crippen LogP contribution in [0.2, 0.25) is 0 Å². The van der Waals surface area contributed by atoms with E-state index in [1.165, 1.54) is 0 Å². The molecule has 1 amide bonds. The van der Waals surface area contributed by atoms with Crippen LogP contribution in [0.15, 0.2) is 36.4 Å². The van der Waals surface area contributed by atoms with Crippen LogP contribution >= 0.6 is 0 Å². The molecule has 3 nitrogen and oxygen atoms in total. The molecule has 0 aliphatic carbocycles. The minimum atomic E-state index is -4.53. The average Bonchev–Trinajstić information content (AvgIpc) is 2.79. The first-order chi connectivity index (χ1) is 12.0. The zero-order valence-electron chi connectivity index (χ0n) is 15.3. The van der Waals surface area contributed by atoms with Crippen molar-refractivity contribution in [3.63, 3.8) is 0 Å². The monoisotopic (exact) mass is 364 g/mol. The fourth-order valence-electron chi connectivity index (χ4n) is 3.59. The van der Waals surface area contributed by atoms with Gasteiger partial charge in [-0.15, -0.1) is 0 Å². The summed E-state index contributed by atoms with van der Waals surface area (Å²) in [5, 5.41) is 2.38. The number of nitrogens with zero attached hydrogens (tertiary/aromatic N) is 1. The van der Waals surface area contributed by atoms with Gasteiger partial charge in [0.1, 0.15) is 0 Å². The molecule has 0 aromatic heterocycles. The SMILES string of the molecule is CC(C)c1ccc2ccccc2c1[C@H](N1CC(C)(C)C(=O)N1)C(F)(F)F. The third kappa shape index (κ3) is 3.18. The number of hydrogen-bond acceptors (Lipinski definition) is 2. The lowest BCUT2D eigenvalue weighted by Crippen LogP contribution is -2.44. The summed E-state index contributed by atoms with van der Waals surface area (Å²) in [6.45, 7) is 7.07. The maximum atomic E-state index is 14.2. The van der Waals surface area contributed by atoms with Crippen LogP contribution in [-0.2, 0) is 4.79 Å². The number of alkyl halides is 3. The van der Waals surface area contributed by atoms with Gasteiger partial charge >= 0.3 is 6.18 Å². The summed E-state index contributed by atoms with van der Waals surface area (Å²) in [6.07, 6.45) is -4.53. The highest BCUT2D eigenvalue weighted by Crippen LogP contribution is 2.45. The van der Waals surface area contributed by atoms with Crippen molar-refractivity contribution in [2.24, 2.45) is 5.41 Å². The van der Waals surface area contributed by atoms with E-state index in [2.05, 4.69) is 5.43 Å². The van der Waals surface area contributed by atoms with Gasteiger partial charge < -0.3 is 0 Å². The summed E-state index contributed by atoms with van der Waals surface area (Å²) in [7, 11) is 0. The van der Waals surface area contributed by atoms with Crippen LogP contribution in [0.1, 0.15) is 50.8 Å². The van der Waals surface area contributed by atoms with Crippen LogP contribution in [0.3, 0.4) is 0 Å². The minimum absolute atomic E-state index is 0.00321. The molecule has 1 aliphatic heterocycles. The van der Waals surface area contributed by atoms with Crippen molar-refractivity contribution in [2.75, 3.05) is 6.54 Å². The Morgan fingerprint density at radius 2 is 1.77 bits per heavy atom. The zero-order valence-corrected chi connectivity index (χ0v) is 15.3. The number of hydrogen-bond donors (Lipinski definition) is 1. The number of fused-ring (bicyclic) bond motifs is 1. The molecule has 1 aliphatic rings. The van der Waals surface area contributed by atoms with Gasteiger partial charge in [-0.2, -0.15) is 13.2 Å². The van der Waals surface area contributed by atoms with E-state index < -0.39 is 23.5 Å². The summed E-state index contributed by atoms with van der Waals surface area (Å²) >= 11 is 0. The van der Waals surface area contributed by atoms with E-state index in [-0.39, 0.29) is 18.0 Å². The number of benzene rings is 2. The number of nitrogens with one attached hydrogen (secondary N) is 1. The van der Waals surface area contributed by atoms with E-state index in [0.717, 1.165) is 10.4 Å². The summed E-state index contributed by atoms with van der Waals surface area (Å²) in [5.41, 5.74) is 2.45. The van der Waals surface area contributed by atoms with Gasteiger partial charge in [0.2, 0.25) is 5.91 Å². The van der Waals surface area contributed by atoms with Crippen molar-refractivity contribution >= 4 is 16.7 Å². The number of rotatable bonds is 3. The lowest BCUT2D eigenvalue weighted by molar-refractivity contribution is -0.191. The van der Waals surface area contributed by atoms with Crippen LogP contribution in [0.5, 0.6) is 0 Å². The topological polar surface area (TPSA) is 32.3 Å². The van der Waals surface area contributed by atoms with Crippen LogP contribution in [0.25, 0.3) is 10.8 Å². The van der Waals surface area contributed by atoms with Gasteiger partial charge in [-0.3, -0.25) is 10.2 Å². The molecule has 6 heteroatoms. The molecule has 2 aromatic carbocycles. The second-order valence-electron chi connectivity index (χ2n) is 7.84. The number of hydrazine groups is 1. The van der Waals surface area contributed by atoms with Crippen molar-refractivity contribution in [1.29, 1.82) is 0 Å². The second-order valence-corrected chi connectivity index (χ2v) is 7.84. The van der Waals surface area contributed by atoms with Crippen LogP contribution in [-0.4, -0.2) is 23.6 Å². The van der Waals surface area contributed by atoms with E-state index in [1.807, 2.05) is 32.0 Å². The Bertz CT molecular complexity index is 843. The van der Waals surface area contributed by atoms with Crippen molar-refractivity contribution in [3.8, 4) is 0 Å². The fraction of sp³-hybridized carbons (Fsp3) is 0.450. The molecule has 0 spiro atoms. The summed E-state index contributed by atoms with van der Waals surface area (Å²) in [5.74, 6) is -0.469. The zero-order chi connectivity index (χ0) is 19.3. The Labute approximate surface area is 151 Å². The van der Waals surface area contributed by atoms with Crippen LogP contribution < -0.4 is 5.43 Å². The molecule has 2 aromatic rings. The number of carbonyl (C=O) groups excluding carboxylic acids is 1. The van der Waals surface area contributed by atoms with Crippen LogP contribution in [0, 0.1) is 5.41 Å². The van der Waals surface area contributed by atoms with Gasteiger partial charge in [0.05, 0.1) is 5.41 Å². The Hall–Kier alpha value is -2.08. The molecule has 1 saturated heterocycles. The Morgan fingerprint density at radius 3 is 2.31 bits per heavy atom. The molecule has 1 atom stereocenters. The molecule has 1 N–H and O–H groups in total. The van der Waals surface area contributed by atoms with Crippen molar-refractivity contribution < 1.29 is 18.0 Å². The minimum Gasteiger partial charge on any atom is -0.287 e. The third-order valence-corrected chi connectivity index (χ3v) is 4.95. The lowest BCUT2D eigenvalue weighted by Gasteiger charge is -2.33. The molecule has 1 heterocycles. The number of halogens is 3. The van der Waals surface area contributed by atoms with Gasteiger partial charge in [0, 0.05) is 6.54 Å². The van der Waals surface area contributed by atoms with Gasteiger partial charge in [0.25, 0.3) is 0 Å². The normalized spacial score (nSPS) is 19.2. The standard InChI is InChI=1S/C20H23F3N2O/c1-12(2)14-10-9-13-7-5-6-8-15(13)16(14)17(20(21,22)23)25-11-19(3,4)18(26)24-25/h5-10,12,17H,11H2,1-4H3,(H,24,26)/t17-/m0/s1. The first kappa shape index (κ1) is 18.7. The molecule has 3 rings (SSSR count). The molecule has 0 radical (unpaired) electrons. The number of amides is 1. The van der Waals surface area contributed by atoms with Crippen molar-refractivity contribution in [2.45, 2.75) is 45.8 Å². The fourth-order valence-corrected chi connectivity index (χ4v) is 3.59. The predicted molar refractivity (Wildman–Crippen MR) is 95.5 cm³/mol. The van der Waals surface area contributed by atoms with E-state index in [4.69, 9.17) is 0 Å². The van der Waals surface area contributed by atoms with Crippen molar-refractivity contribution in [1.82, 2.24) is 10.4 Å². The molecular formula is C20H23F3N2O. The van der Waals surface area contributed by atoms with Gasteiger partial charge in [-0.05, 0) is 41.7 Å². The van der Waals surface area contributed by atoms with E-state index in [1.54, 1.807) is 32.0 Å². The van der Waals surface area contributed by atoms with Gasteiger partial charge in [0.15, 0.2) is 6.04 Å². The maximum Gasteiger partial charge on any atom is 0.409 e. The van der Waals surface area contributed by atoms with Crippen LogP contribution in [0.4, 0.5) is 13.2 Å². The molecular weight excluding hydrogens is 341 g/mol. The van der Waals surface area contributed by atoms with Gasteiger partial charge in [-0.1, -0.05) is 50.2 Å². The van der Waals surface area contributed by atoms with E-state index >= 15 is 0 Å². The number of carbonyl (C=O) groups is 1. The van der Waals surface area contributed by atoms with Crippen molar-refractivity contribution in [3.05, 3.63) is 47.5 Å². The molecule has 0 saturated carbocycles. The highest BCUT2D eigenvalue weighted by Gasteiger charge is 2.52. The van der Waals surface area contributed by atoms with E-state index in [9.17, 15) is 18.0 Å². The molecule has 1 fully saturated rings. The summed E-state index contributed by atoms with van der Waals surface area (Å²) in [6, 6.07) is 8.82. The second kappa shape index (κ2) is 6.27. The average molecular weight is 364 g/mol. The predicted octanol–water partition coefficient (Wildman–Crippen LogP) is 4.94. The molecule has 0 unspecified atom stereocenters. The third-order valence-electron chi connectivity index (χ3n) is 4.95. The van der Waals surface area contributed by atoms with Gasteiger partial charge in [-0.25, -0.2) is 5.01 Å². The highest BCUT2D eigenvalue weighted by atomic mass is 19.4. The summed E-state index contributed by atoms with van der Waals surface area (Å²) in [4.78, 5) is 12.1. The Morgan fingerprint density at radius 1 is 1.12 bits per heavy atom. The highest BCUT2D eigenvalue weighted by molar-refractivity contribution is 5.88. The molecule has 0 bridgehead atoms. The maximum absolute atomic E-state index is 14.2.